The van der Waals surface area contributed by atoms with Gasteiger partial charge in [0.05, 0.1) is 11.0 Å². The summed E-state index contributed by atoms with van der Waals surface area (Å²) in [4.78, 5) is 13.3. The second kappa shape index (κ2) is 6.11. The van der Waals surface area contributed by atoms with E-state index in [2.05, 4.69) is 5.32 Å². The Balaban J connectivity index is 1.96. The van der Waals surface area contributed by atoms with Crippen molar-refractivity contribution >= 4 is 17.2 Å². The lowest BCUT2D eigenvalue weighted by atomic mass is 10.1. The number of aryl methyl sites for hydroxylation is 1. The van der Waals surface area contributed by atoms with Gasteiger partial charge >= 0.3 is 0 Å². The number of benzene rings is 1. The van der Waals surface area contributed by atoms with E-state index in [-0.39, 0.29) is 18.0 Å². The van der Waals surface area contributed by atoms with Crippen molar-refractivity contribution < 1.29 is 18.7 Å². The molecular weight excluding hydrogens is 284 g/mol. The number of carbonyl (C=O) groups excluding carboxylic acids is 1. The van der Waals surface area contributed by atoms with Crippen LogP contribution in [-0.4, -0.2) is 17.6 Å². The zero-order valence-corrected chi connectivity index (χ0v) is 11.5. The highest BCUT2D eigenvalue weighted by Gasteiger charge is 2.13. The minimum atomic E-state index is -1.09. The highest BCUT2D eigenvalue weighted by molar-refractivity contribution is 7.13. The summed E-state index contributed by atoms with van der Waals surface area (Å²) in [5, 5.41) is 12.4. The molecule has 6 heteroatoms. The normalized spacial score (nSPS) is 12.2. The minimum absolute atomic E-state index is 0.0686. The molecule has 106 valence electrons. The first-order chi connectivity index (χ1) is 9.47. The van der Waals surface area contributed by atoms with E-state index in [1.165, 1.54) is 17.4 Å². The van der Waals surface area contributed by atoms with Gasteiger partial charge < -0.3 is 10.4 Å². The van der Waals surface area contributed by atoms with Crippen molar-refractivity contribution in [3.8, 4) is 0 Å². The van der Waals surface area contributed by atoms with E-state index < -0.39 is 17.7 Å². The van der Waals surface area contributed by atoms with Crippen LogP contribution >= 0.6 is 11.3 Å². The third-order valence-electron chi connectivity index (χ3n) is 2.75. The molecule has 0 radical (unpaired) electrons. The maximum atomic E-state index is 13.0. The maximum absolute atomic E-state index is 13.0. The SMILES string of the molecule is Cc1ccc(C(=O)NC[C@H](O)c2ccc(F)c(F)c2)s1. The molecule has 2 N–H and O–H groups in total. The summed E-state index contributed by atoms with van der Waals surface area (Å²) in [6.45, 7) is 1.82. The predicted molar refractivity (Wildman–Crippen MR) is 72.7 cm³/mol. The Morgan fingerprint density at radius 2 is 2.05 bits per heavy atom. The van der Waals surface area contributed by atoms with Gasteiger partial charge in [-0.15, -0.1) is 11.3 Å². The topological polar surface area (TPSA) is 49.3 Å². The van der Waals surface area contributed by atoms with Gasteiger partial charge in [0.25, 0.3) is 5.91 Å². The number of hydrogen-bond donors (Lipinski definition) is 2. The molecule has 1 aromatic heterocycles. The second-order valence-corrected chi connectivity index (χ2v) is 5.60. The first-order valence-corrected chi connectivity index (χ1v) is 6.76. The van der Waals surface area contributed by atoms with Gasteiger partial charge in [-0.25, -0.2) is 8.78 Å². The van der Waals surface area contributed by atoms with Gasteiger partial charge in [-0.2, -0.15) is 0 Å². The van der Waals surface area contributed by atoms with Gasteiger partial charge in [0.1, 0.15) is 0 Å². The van der Waals surface area contributed by atoms with Crippen molar-refractivity contribution in [1.29, 1.82) is 0 Å². The average molecular weight is 297 g/mol. The molecule has 0 aliphatic heterocycles. The number of rotatable bonds is 4. The molecule has 1 atom stereocenters. The van der Waals surface area contributed by atoms with Crippen molar-refractivity contribution in [2.45, 2.75) is 13.0 Å². The zero-order valence-electron chi connectivity index (χ0n) is 10.7. The Hall–Kier alpha value is -1.79. The average Bonchev–Trinajstić information content (AvgIpc) is 2.85. The standard InChI is InChI=1S/C14H13F2NO2S/c1-8-2-5-13(20-8)14(19)17-7-12(18)9-3-4-10(15)11(16)6-9/h2-6,12,18H,7H2,1H3,(H,17,19)/t12-/m0/s1. The van der Waals surface area contributed by atoms with Crippen molar-refractivity contribution in [1.82, 2.24) is 5.32 Å². The predicted octanol–water partition coefficient (Wildman–Crippen LogP) is 2.80. The fraction of sp³-hybridized carbons (Fsp3) is 0.214. The zero-order chi connectivity index (χ0) is 14.7. The molecule has 1 aromatic carbocycles. The highest BCUT2D eigenvalue weighted by Crippen LogP contribution is 2.17. The van der Waals surface area contributed by atoms with Gasteiger partial charge in [0, 0.05) is 11.4 Å². The molecule has 3 nitrogen and oxygen atoms in total. The van der Waals surface area contributed by atoms with E-state index >= 15 is 0 Å². The van der Waals surface area contributed by atoms with Crippen LogP contribution in [0.1, 0.15) is 26.2 Å². The molecule has 20 heavy (non-hydrogen) atoms. The lowest BCUT2D eigenvalue weighted by Gasteiger charge is -2.12. The Labute approximate surface area is 118 Å². The first-order valence-electron chi connectivity index (χ1n) is 5.95. The molecule has 0 aliphatic carbocycles. The molecule has 1 amide bonds. The summed E-state index contributed by atoms with van der Waals surface area (Å²) in [6, 6.07) is 6.66. The Bertz CT molecular complexity index is 627. The molecule has 0 saturated carbocycles. The summed E-state index contributed by atoms with van der Waals surface area (Å²) >= 11 is 1.34. The van der Waals surface area contributed by atoms with Crippen LogP contribution in [0.3, 0.4) is 0 Å². The number of carbonyl (C=O) groups is 1. The molecule has 0 fully saturated rings. The fourth-order valence-corrected chi connectivity index (χ4v) is 2.45. The Kier molecular flexibility index (Phi) is 4.46. The summed E-state index contributed by atoms with van der Waals surface area (Å²) in [6.07, 6.45) is -1.09. The van der Waals surface area contributed by atoms with Crippen molar-refractivity contribution in [2.24, 2.45) is 0 Å². The van der Waals surface area contributed by atoms with Crippen LogP contribution in [0, 0.1) is 18.6 Å². The number of halogens is 2. The highest BCUT2D eigenvalue weighted by atomic mass is 32.1. The Morgan fingerprint density at radius 1 is 1.30 bits per heavy atom. The van der Waals surface area contributed by atoms with Gasteiger partial charge in [-0.05, 0) is 36.8 Å². The smallest absolute Gasteiger partial charge is 0.261 e. The molecule has 2 rings (SSSR count). The number of hydrogen-bond acceptors (Lipinski definition) is 3. The number of aliphatic hydroxyl groups is 1. The van der Waals surface area contributed by atoms with E-state index in [1.54, 1.807) is 6.07 Å². The summed E-state index contributed by atoms with van der Waals surface area (Å²) in [5.41, 5.74) is 0.214. The lowest BCUT2D eigenvalue weighted by molar-refractivity contribution is 0.0920. The fourth-order valence-electron chi connectivity index (χ4n) is 1.67. The molecule has 1 heterocycles. The van der Waals surface area contributed by atoms with E-state index in [0.29, 0.717) is 4.88 Å². The van der Waals surface area contributed by atoms with E-state index in [0.717, 1.165) is 17.0 Å². The van der Waals surface area contributed by atoms with Crippen LogP contribution < -0.4 is 5.32 Å². The monoisotopic (exact) mass is 297 g/mol. The van der Waals surface area contributed by atoms with E-state index in [9.17, 15) is 18.7 Å². The summed E-state index contributed by atoms with van der Waals surface area (Å²) < 4.78 is 25.8. The maximum Gasteiger partial charge on any atom is 0.261 e. The molecule has 0 unspecified atom stereocenters. The molecule has 0 aliphatic rings. The third-order valence-corrected chi connectivity index (χ3v) is 3.75. The van der Waals surface area contributed by atoms with Gasteiger partial charge in [-0.1, -0.05) is 6.07 Å². The van der Waals surface area contributed by atoms with Crippen LogP contribution in [0.2, 0.25) is 0 Å². The second-order valence-electron chi connectivity index (χ2n) is 4.31. The third kappa shape index (κ3) is 3.40. The van der Waals surface area contributed by atoms with Gasteiger partial charge in [0.15, 0.2) is 11.6 Å². The van der Waals surface area contributed by atoms with Gasteiger partial charge in [-0.3, -0.25) is 4.79 Å². The van der Waals surface area contributed by atoms with Crippen LogP contribution in [0.15, 0.2) is 30.3 Å². The van der Waals surface area contributed by atoms with Crippen molar-refractivity contribution in [3.63, 3.8) is 0 Å². The minimum Gasteiger partial charge on any atom is -0.387 e. The van der Waals surface area contributed by atoms with Crippen LogP contribution in [0.5, 0.6) is 0 Å². The van der Waals surface area contributed by atoms with Crippen LogP contribution in [0.25, 0.3) is 0 Å². The van der Waals surface area contributed by atoms with E-state index in [4.69, 9.17) is 0 Å². The van der Waals surface area contributed by atoms with E-state index in [1.807, 2.05) is 13.0 Å². The molecule has 0 saturated heterocycles. The molecule has 0 bridgehead atoms. The largest absolute Gasteiger partial charge is 0.387 e. The molecule has 0 spiro atoms. The Morgan fingerprint density at radius 3 is 2.65 bits per heavy atom. The van der Waals surface area contributed by atoms with Crippen LogP contribution in [0.4, 0.5) is 8.78 Å². The van der Waals surface area contributed by atoms with Crippen molar-refractivity contribution in [2.75, 3.05) is 6.54 Å². The summed E-state index contributed by atoms with van der Waals surface area (Å²) in [5.74, 6) is -2.30. The number of thiophene rings is 1. The quantitative estimate of drug-likeness (QED) is 0.911. The molecule has 2 aromatic rings. The van der Waals surface area contributed by atoms with Crippen molar-refractivity contribution in [3.05, 3.63) is 57.3 Å². The molecular formula is C14H13F2NO2S. The van der Waals surface area contributed by atoms with Crippen LogP contribution in [-0.2, 0) is 0 Å². The number of amides is 1. The van der Waals surface area contributed by atoms with Gasteiger partial charge in [0.2, 0.25) is 0 Å². The number of nitrogens with one attached hydrogen (secondary N) is 1. The summed E-state index contributed by atoms with van der Waals surface area (Å²) in [7, 11) is 0. The lowest BCUT2D eigenvalue weighted by Crippen LogP contribution is -2.27. The number of aliphatic hydroxyl groups excluding tert-OH is 1. The first kappa shape index (κ1) is 14.6.